The number of hydrogen-bond donors (Lipinski definition) is 1. The number of rotatable bonds is 5. The van der Waals surface area contributed by atoms with Gasteiger partial charge in [-0.15, -0.1) is 0 Å². The smallest absolute Gasteiger partial charge is 0.409 e. The SMILES string of the molecule is CCOC(=O)N1CCN(C(=O)c2ccc(S(=O)(=O)NC3CC3)cc2)CC1. The molecule has 2 aliphatic rings. The normalized spacial score (nSPS) is 17.9. The Labute approximate surface area is 153 Å². The van der Waals surface area contributed by atoms with E-state index in [4.69, 9.17) is 4.74 Å². The van der Waals surface area contributed by atoms with Crippen LogP contribution in [0.5, 0.6) is 0 Å². The van der Waals surface area contributed by atoms with Gasteiger partial charge in [0.25, 0.3) is 5.91 Å². The van der Waals surface area contributed by atoms with Crippen LogP contribution in [0.2, 0.25) is 0 Å². The van der Waals surface area contributed by atoms with E-state index in [2.05, 4.69) is 4.72 Å². The van der Waals surface area contributed by atoms with E-state index >= 15 is 0 Å². The second-order valence-corrected chi connectivity index (χ2v) is 8.11. The quantitative estimate of drug-likeness (QED) is 0.822. The summed E-state index contributed by atoms with van der Waals surface area (Å²) in [5.41, 5.74) is 0.431. The summed E-state index contributed by atoms with van der Waals surface area (Å²) in [4.78, 5) is 27.7. The molecule has 1 aliphatic carbocycles. The molecule has 0 atom stereocenters. The van der Waals surface area contributed by atoms with Crippen molar-refractivity contribution in [3.8, 4) is 0 Å². The predicted octanol–water partition coefficient (Wildman–Crippen LogP) is 1.04. The minimum absolute atomic E-state index is 0.0389. The third-order valence-corrected chi connectivity index (χ3v) is 5.94. The minimum atomic E-state index is -3.52. The van der Waals surface area contributed by atoms with Crippen molar-refractivity contribution in [2.24, 2.45) is 0 Å². The van der Waals surface area contributed by atoms with Crippen LogP contribution in [0.4, 0.5) is 4.79 Å². The average Bonchev–Trinajstić information content (AvgIpc) is 3.45. The van der Waals surface area contributed by atoms with Gasteiger partial charge < -0.3 is 14.5 Å². The fourth-order valence-electron chi connectivity index (χ4n) is 2.75. The molecule has 142 valence electrons. The molecule has 1 saturated carbocycles. The maximum absolute atomic E-state index is 12.6. The van der Waals surface area contributed by atoms with Crippen molar-refractivity contribution in [3.05, 3.63) is 29.8 Å². The number of benzene rings is 1. The molecule has 0 unspecified atom stereocenters. The van der Waals surface area contributed by atoms with Crippen molar-refractivity contribution < 1.29 is 22.7 Å². The molecule has 9 heteroatoms. The van der Waals surface area contributed by atoms with Crippen LogP contribution in [0.25, 0.3) is 0 Å². The van der Waals surface area contributed by atoms with Gasteiger partial charge in [-0.3, -0.25) is 4.79 Å². The van der Waals surface area contributed by atoms with Crippen LogP contribution >= 0.6 is 0 Å². The Morgan fingerprint density at radius 3 is 2.19 bits per heavy atom. The second-order valence-electron chi connectivity index (χ2n) is 6.40. The van der Waals surface area contributed by atoms with Crippen LogP contribution in [-0.2, 0) is 14.8 Å². The highest BCUT2D eigenvalue weighted by Gasteiger charge is 2.29. The first kappa shape index (κ1) is 18.7. The van der Waals surface area contributed by atoms with Crippen LogP contribution in [0.15, 0.2) is 29.2 Å². The van der Waals surface area contributed by atoms with E-state index in [1.165, 1.54) is 24.3 Å². The zero-order valence-corrected chi connectivity index (χ0v) is 15.5. The summed E-state index contributed by atoms with van der Waals surface area (Å²) in [7, 11) is -3.52. The van der Waals surface area contributed by atoms with Crippen LogP contribution in [-0.4, -0.2) is 69.0 Å². The molecule has 3 rings (SSSR count). The van der Waals surface area contributed by atoms with Crippen molar-refractivity contribution in [2.45, 2.75) is 30.7 Å². The van der Waals surface area contributed by atoms with Crippen molar-refractivity contribution in [2.75, 3.05) is 32.8 Å². The Kier molecular flexibility index (Phi) is 5.47. The van der Waals surface area contributed by atoms with Gasteiger partial charge >= 0.3 is 6.09 Å². The van der Waals surface area contributed by atoms with Crippen molar-refractivity contribution in [3.63, 3.8) is 0 Å². The van der Waals surface area contributed by atoms with Crippen LogP contribution in [0.1, 0.15) is 30.1 Å². The summed E-state index contributed by atoms with van der Waals surface area (Å²) in [6.07, 6.45) is 1.37. The largest absolute Gasteiger partial charge is 0.450 e. The second kappa shape index (κ2) is 7.63. The topological polar surface area (TPSA) is 96.0 Å². The van der Waals surface area contributed by atoms with Gasteiger partial charge in [-0.25, -0.2) is 17.9 Å². The number of ether oxygens (including phenoxy) is 1. The number of hydrogen-bond acceptors (Lipinski definition) is 5. The third kappa shape index (κ3) is 4.34. The summed E-state index contributed by atoms with van der Waals surface area (Å²) < 4.78 is 31.9. The first-order chi connectivity index (χ1) is 12.4. The van der Waals surface area contributed by atoms with Crippen LogP contribution < -0.4 is 4.72 Å². The number of nitrogens with one attached hydrogen (secondary N) is 1. The van der Waals surface area contributed by atoms with E-state index < -0.39 is 10.0 Å². The van der Waals surface area contributed by atoms with E-state index in [0.29, 0.717) is 38.3 Å². The average molecular weight is 381 g/mol. The molecule has 1 heterocycles. The molecule has 26 heavy (non-hydrogen) atoms. The van der Waals surface area contributed by atoms with Crippen molar-refractivity contribution in [1.82, 2.24) is 14.5 Å². The molecular weight excluding hydrogens is 358 g/mol. The highest BCUT2D eigenvalue weighted by Crippen LogP contribution is 2.22. The number of amides is 2. The summed E-state index contributed by atoms with van der Waals surface area (Å²) >= 11 is 0. The maximum atomic E-state index is 12.6. The lowest BCUT2D eigenvalue weighted by Gasteiger charge is -2.34. The monoisotopic (exact) mass is 381 g/mol. The molecule has 2 fully saturated rings. The van der Waals surface area contributed by atoms with E-state index in [1.807, 2.05) is 0 Å². The van der Waals surface area contributed by atoms with Crippen LogP contribution in [0, 0.1) is 0 Å². The Morgan fingerprint density at radius 2 is 1.65 bits per heavy atom. The summed E-state index contributed by atoms with van der Waals surface area (Å²) in [5.74, 6) is -0.174. The first-order valence-corrected chi connectivity index (χ1v) is 10.2. The zero-order chi connectivity index (χ0) is 18.7. The number of piperazine rings is 1. The third-order valence-electron chi connectivity index (χ3n) is 4.40. The van der Waals surface area contributed by atoms with E-state index in [9.17, 15) is 18.0 Å². The maximum Gasteiger partial charge on any atom is 0.409 e. The number of carbonyl (C=O) groups excluding carboxylic acids is 2. The zero-order valence-electron chi connectivity index (χ0n) is 14.7. The minimum Gasteiger partial charge on any atom is -0.450 e. The van der Waals surface area contributed by atoms with Gasteiger partial charge in [0.1, 0.15) is 0 Å². The number of nitrogens with zero attached hydrogens (tertiary/aromatic N) is 2. The molecule has 1 aromatic rings. The van der Waals surface area contributed by atoms with Gasteiger partial charge in [-0.05, 0) is 44.0 Å². The van der Waals surface area contributed by atoms with Gasteiger partial charge in [0.2, 0.25) is 10.0 Å². The Bertz CT molecular complexity index is 766. The molecular formula is C17H23N3O5S. The number of sulfonamides is 1. The highest BCUT2D eigenvalue weighted by atomic mass is 32.2. The Hall–Kier alpha value is -2.13. The van der Waals surface area contributed by atoms with Gasteiger partial charge in [-0.2, -0.15) is 0 Å². The molecule has 0 spiro atoms. The Morgan fingerprint density at radius 1 is 1.08 bits per heavy atom. The van der Waals surface area contributed by atoms with Crippen molar-refractivity contribution >= 4 is 22.0 Å². The van der Waals surface area contributed by atoms with Crippen molar-refractivity contribution in [1.29, 1.82) is 0 Å². The molecule has 0 aromatic heterocycles. The van der Waals surface area contributed by atoms with Gasteiger partial charge in [0.05, 0.1) is 11.5 Å². The van der Waals surface area contributed by atoms with E-state index in [1.54, 1.807) is 16.7 Å². The molecule has 0 radical (unpaired) electrons. The van der Waals surface area contributed by atoms with E-state index in [0.717, 1.165) is 12.8 Å². The fraction of sp³-hybridized carbons (Fsp3) is 0.529. The molecule has 1 N–H and O–H groups in total. The lowest BCUT2D eigenvalue weighted by molar-refractivity contribution is 0.0570. The van der Waals surface area contributed by atoms with Crippen LogP contribution in [0.3, 0.4) is 0 Å². The molecule has 1 saturated heterocycles. The highest BCUT2D eigenvalue weighted by molar-refractivity contribution is 7.89. The molecule has 8 nitrogen and oxygen atoms in total. The van der Waals surface area contributed by atoms with Gasteiger partial charge in [0, 0.05) is 37.8 Å². The molecule has 0 bridgehead atoms. The lowest BCUT2D eigenvalue weighted by atomic mass is 10.2. The Balaban J connectivity index is 1.59. The molecule has 1 aliphatic heterocycles. The number of carbonyl (C=O) groups is 2. The van der Waals surface area contributed by atoms with E-state index in [-0.39, 0.29) is 22.9 Å². The van der Waals surface area contributed by atoms with Gasteiger partial charge in [-0.1, -0.05) is 0 Å². The summed E-state index contributed by atoms with van der Waals surface area (Å²) in [5, 5.41) is 0. The first-order valence-electron chi connectivity index (χ1n) is 8.74. The van der Waals surface area contributed by atoms with Gasteiger partial charge in [0.15, 0.2) is 0 Å². The molecule has 2 amide bonds. The molecule has 1 aromatic carbocycles. The summed E-state index contributed by atoms with van der Waals surface area (Å²) in [6, 6.07) is 6.00. The predicted molar refractivity (Wildman–Crippen MR) is 94.3 cm³/mol. The fourth-order valence-corrected chi connectivity index (χ4v) is 4.06. The lowest BCUT2D eigenvalue weighted by Crippen LogP contribution is -2.50. The summed E-state index contributed by atoms with van der Waals surface area (Å²) in [6.45, 7) is 3.75. The standard InChI is InChI=1S/C17H23N3O5S/c1-2-25-17(22)20-11-9-19(10-12-20)16(21)13-3-7-15(8-4-13)26(23,24)18-14-5-6-14/h3-4,7-8,14,18H,2,5-6,9-12H2,1H3.